The third-order valence-electron chi connectivity index (χ3n) is 3.26. The van der Waals surface area contributed by atoms with Gasteiger partial charge in [0.2, 0.25) is 0 Å². The molecular weight excluding hydrogens is 196 g/mol. The SMILES string of the molecule is CCCCCCC(O)C(C)c1ccccc1. The van der Waals surface area contributed by atoms with Crippen LogP contribution in [0.5, 0.6) is 0 Å². The van der Waals surface area contributed by atoms with Crippen LogP contribution in [0.4, 0.5) is 0 Å². The second-order valence-corrected chi connectivity index (χ2v) is 4.62. The van der Waals surface area contributed by atoms with Gasteiger partial charge >= 0.3 is 0 Å². The summed E-state index contributed by atoms with van der Waals surface area (Å²) in [5.74, 6) is 0.253. The Hall–Kier alpha value is -0.820. The maximum absolute atomic E-state index is 10.1. The Balaban J connectivity index is 2.33. The van der Waals surface area contributed by atoms with Crippen molar-refractivity contribution < 1.29 is 5.11 Å². The molecule has 0 aromatic heterocycles. The van der Waals surface area contributed by atoms with Gasteiger partial charge in [-0.3, -0.25) is 0 Å². The molecule has 1 aromatic rings. The van der Waals surface area contributed by atoms with E-state index in [0.717, 1.165) is 12.8 Å². The fourth-order valence-corrected chi connectivity index (χ4v) is 2.01. The van der Waals surface area contributed by atoms with Gasteiger partial charge in [0.15, 0.2) is 0 Å². The van der Waals surface area contributed by atoms with Crippen molar-refractivity contribution in [2.24, 2.45) is 0 Å². The van der Waals surface area contributed by atoms with Gasteiger partial charge in [0.05, 0.1) is 6.10 Å². The molecule has 90 valence electrons. The van der Waals surface area contributed by atoms with E-state index in [-0.39, 0.29) is 12.0 Å². The summed E-state index contributed by atoms with van der Waals surface area (Å²) in [6.07, 6.45) is 5.66. The molecule has 0 heterocycles. The average molecular weight is 220 g/mol. The maximum atomic E-state index is 10.1. The molecule has 0 saturated carbocycles. The van der Waals surface area contributed by atoms with Crippen molar-refractivity contribution >= 4 is 0 Å². The Morgan fingerprint density at radius 3 is 2.38 bits per heavy atom. The minimum atomic E-state index is -0.195. The first kappa shape index (κ1) is 13.2. The lowest BCUT2D eigenvalue weighted by atomic mass is 9.92. The van der Waals surface area contributed by atoms with Crippen LogP contribution in [-0.4, -0.2) is 11.2 Å². The highest BCUT2D eigenvalue weighted by Crippen LogP contribution is 2.22. The summed E-state index contributed by atoms with van der Waals surface area (Å²) in [6, 6.07) is 10.3. The molecule has 1 heteroatoms. The second-order valence-electron chi connectivity index (χ2n) is 4.62. The van der Waals surface area contributed by atoms with E-state index in [9.17, 15) is 5.11 Å². The molecule has 0 bridgehead atoms. The normalized spacial score (nSPS) is 14.7. The predicted molar refractivity (Wildman–Crippen MR) is 69.6 cm³/mol. The first-order valence-corrected chi connectivity index (χ1v) is 6.48. The van der Waals surface area contributed by atoms with Gasteiger partial charge in [-0.05, 0) is 12.0 Å². The van der Waals surface area contributed by atoms with E-state index in [1.165, 1.54) is 24.8 Å². The minimum absolute atomic E-state index is 0.195. The molecular formula is C15H24O. The summed E-state index contributed by atoms with van der Waals surface area (Å²) in [7, 11) is 0. The third kappa shape index (κ3) is 4.36. The van der Waals surface area contributed by atoms with Crippen molar-refractivity contribution in [1.29, 1.82) is 0 Å². The standard InChI is InChI=1S/C15H24O/c1-3-4-5-9-12-15(16)13(2)14-10-7-6-8-11-14/h6-8,10-11,13,15-16H,3-5,9,12H2,1-2H3. The van der Waals surface area contributed by atoms with Crippen LogP contribution in [0.1, 0.15) is 57.4 Å². The molecule has 2 unspecified atom stereocenters. The molecule has 0 saturated heterocycles. The zero-order valence-electron chi connectivity index (χ0n) is 10.5. The van der Waals surface area contributed by atoms with Gasteiger partial charge < -0.3 is 5.11 Å². The van der Waals surface area contributed by atoms with E-state index >= 15 is 0 Å². The molecule has 0 aliphatic rings. The van der Waals surface area contributed by atoms with Crippen molar-refractivity contribution in [3.63, 3.8) is 0 Å². The molecule has 0 fully saturated rings. The van der Waals surface area contributed by atoms with E-state index in [1.807, 2.05) is 18.2 Å². The van der Waals surface area contributed by atoms with Crippen LogP contribution in [0.2, 0.25) is 0 Å². The average Bonchev–Trinajstić information content (AvgIpc) is 2.34. The van der Waals surface area contributed by atoms with Gasteiger partial charge in [0.1, 0.15) is 0 Å². The number of benzene rings is 1. The van der Waals surface area contributed by atoms with E-state index in [1.54, 1.807) is 0 Å². The molecule has 16 heavy (non-hydrogen) atoms. The predicted octanol–water partition coefficient (Wildman–Crippen LogP) is 4.12. The fraction of sp³-hybridized carbons (Fsp3) is 0.600. The highest BCUT2D eigenvalue weighted by molar-refractivity contribution is 5.19. The number of rotatable bonds is 7. The van der Waals surface area contributed by atoms with Crippen molar-refractivity contribution in [3.05, 3.63) is 35.9 Å². The number of aliphatic hydroxyl groups is 1. The minimum Gasteiger partial charge on any atom is -0.393 e. The van der Waals surface area contributed by atoms with Crippen LogP contribution in [0.15, 0.2) is 30.3 Å². The molecule has 1 nitrogen and oxygen atoms in total. The number of aliphatic hydroxyl groups excluding tert-OH is 1. The maximum Gasteiger partial charge on any atom is 0.0606 e. The Morgan fingerprint density at radius 1 is 1.06 bits per heavy atom. The Kier molecular flexibility index (Phi) is 6.17. The molecule has 0 aliphatic heterocycles. The number of unbranched alkanes of at least 4 members (excludes halogenated alkanes) is 3. The molecule has 1 N–H and O–H groups in total. The van der Waals surface area contributed by atoms with Gasteiger partial charge in [0.25, 0.3) is 0 Å². The zero-order valence-corrected chi connectivity index (χ0v) is 10.5. The summed E-state index contributed by atoms with van der Waals surface area (Å²) in [5.41, 5.74) is 1.24. The first-order chi connectivity index (χ1) is 7.75. The van der Waals surface area contributed by atoms with Gasteiger partial charge in [-0.15, -0.1) is 0 Å². The molecule has 0 radical (unpaired) electrons. The van der Waals surface area contributed by atoms with E-state index in [0.29, 0.717) is 0 Å². The van der Waals surface area contributed by atoms with Crippen molar-refractivity contribution in [3.8, 4) is 0 Å². The summed E-state index contributed by atoms with van der Waals surface area (Å²) in [6.45, 7) is 4.32. The molecule has 0 aliphatic carbocycles. The third-order valence-corrected chi connectivity index (χ3v) is 3.26. The molecule has 0 amide bonds. The topological polar surface area (TPSA) is 20.2 Å². The second kappa shape index (κ2) is 7.45. The first-order valence-electron chi connectivity index (χ1n) is 6.48. The zero-order chi connectivity index (χ0) is 11.8. The summed E-state index contributed by atoms with van der Waals surface area (Å²) in [4.78, 5) is 0. The van der Waals surface area contributed by atoms with Gasteiger partial charge in [0, 0.05) is 5.92 Å². The summed E-state index contributed by atoms with van der Waals surface area (Å²) in [5, 5.41) is 10.1. The van der Waals surface area contributed by atoms with Crippen LogP contribution in [-0.2, 0) is 0 Å². The highest BCUT2D eigenvalue weighted by Gasteiger charge is 2.15. The highest BCUT2D eigenvalue weighted by atomic mass is 16.3. The quantitative estimate of drug-likeness (QED) is 0.685. The largest absolute Gasteiger partial charge is 0.393 e. The van der Waals surface area contributed by atoms with E-state index < -0.39 is 0 Å². The van der Waals surface area contributed by atoms with Crippen LogP contribution >= 0.6 is 0 Å². The van der Waals surface area contributed by atoms with E-state index in [4.69, 9.17) is 0 Å². The van der Waals surface area contributed by atoms with Crippen LogP contribution < -0.4 is 0 Å². The lowest BCUT2D eigenvalue weighted by Gasteiger charge is -2.19. The molecule has 0 spiro atoms. The number of hydrogen-bond acceptors (Lipinski definition) is 1. The molecule has 1 rings (SSSR count). The lowest BCUT2D eigenvalue weighted by Crippen LogP contribution is -2.15. The van der Waals surface area contributed by atoms with Crippen molar-refractivity contribution in [2.75, 3.05) is 0 Å². The van der Waals surface area contributed by atoms with E-state index in [2.05, 4.69) is 26.0 Å². The van der Waals surface area contributed by atoms with Crippen molar-refractivity contribution in [1.82, 2.24) is 0 Å². The van der Waals surface area contributed by atoms with Crippen molar-refractivity contribution in [2.45, 2.75) is 58.0 Å². The Bertz CT molecular complexity index is 268. The summed E-state index contributed by atoms with van der Waals surface area (Å²) < 4.78 is 0. The van der Waals surface area contributed by atoms with Gasteiger partial charge in [-0.25, -0.2) is 0 Å². The lowest BCUT2D eigenvalue weighted by molar-refractivity contribution is 0.136. The molecule has 2 atom stereocenters. The van der Waals surface area contributed by atoms with Crippen LogP contribution in [0, 0.1) is 0 Å². The van der Waals surface area contributed by atoms with Crippen LogP contribution in [0.25, 0.3) is 0 Å². The Labute approximate surface area is 99.5 Å². The fourth-order valence-electron chi connectivity index (χ4n) is 2.01. The van der Waals surface area contributed by atoms with Gasteiger partial charge in [-0.2, -0.15) is 0 Å². The number of hydrogen-bond donors (Lipinski definition) is 1. The Morgan fingerprint density at radius 2 is 1.75 bits per heavy atom. The van der Waals surface area contributed by atoms with Gasteiger partial charge in [-0.1, -0.05) is 69.9 Å². The smallest absolute Gasteiger partial charge is 0.0606 e. The van der Waals surface area contributed by atoms with Crippen LogP contribution in [0.3, 0.4) is 0 Å². The molecule has 1 aromatic carbocycles. The summed E-state index contributed by atoms with van der Waals surface area (Å²) >= 11 is 0. The monoisotopic (exact) mass is 220 g/mol.